The van der Waals surface area contributed by atoms with Crippen molar-refractivity contribution in [1.82, 2.24) is 15.5 Å². The topological polar surface area (TPSA) is 128 Å². The Bertz CT molecular complexity index is 899. The van der Waals surface area contributed by atoms with E-state index in [9.17, 15) is 24.6 Å². The minimum absolute atomic E-state index is 0.0401. The van der Waals surface area contributed by atoms with Gasteiger partial charge in [0, 0.05) is 13.1 Å². The molecule has 1 atom stereocenters. The maximum absolute atomic E-state index is 12.3. The number of hydrogen-bond donors (Lipinski definition) is 4. The molecule has 2 aromatic carbocycles. The van der Waals surface area contributed by atoms with E-state index >= 15 is 0 Å². The zero-order chi connectivity index (χ0) is 21.5. The molecule has 1 aliphatic rings. The molecule has 0 aliphatic carbocycles. The van der Waals surface area contributed by atoms with E-state index in [0.29, 0.717) is 0 Å². The fourth-order valence-corrected chi connectivity index (χ4v) is 2.96. The highest BCUT2D eigenvalue weighted by atomic mass is 16.5. The highest BCUT2D eigenvalue weighted by Crippen LogP contribution is 2.20. The number of alkyl carbamates (subject to hydrolysis) is 1. The third kappa shape index (κ3) is 5.26. The molecule has 4 N–H and O–H groups in total. The van der Waals surface area contributed by atoms with Crippen molar-refractivity contribution in [2.75, 3.05) is 19.7 Å². The Morgan fingerprint density at radius 3 is 2.40 bits per heavy atom. The van der Waals surface area contributed by atoms with E-state index in [2.05, 4.69) is 10.6 Å². The fraction of sp³-hybridized carbons (Fsp3) is 0.286. The number of carbonyl (C=O) groups excluding carboxylic acids is 3. The fourth-order valence-electron chi connectivity index (χ4n) is 2.96. The molecule has 1 heterocycles. The summed E-state index contributed by atoms with van der Waals surface area (Å²) in [6.07, 6.45) is -0.821. The quantitative estimate of drug-likeness (QED) is 0.527. The number of para-hydroxylation sites is 1. The van der Waals surface area contributed by atoms with E-state index in [1.54, 1.807) is 24.3 Å². The molecule has 1 fully saturated rings. The predicted molar refractivity (Wildman–Crippen MR) is 107 cm³/mol. The average molecular weight is 413 g/mol. The lowest BCUT2D eigenvalue weighted by Gasteiger charge is -2.40. The molecule has 0 aromatic heterocycles. The Balaban J connectivity index is 1.43. The van der Waals surface area contributed by atoms with E-state index in [4.69, 9.17) is 4.74 Å². The smallest absolute Gasteiger partial charge is 0.408 e. The average Bonchev–Trinajstić information content (AvgIpc) is 2.73. The van der Waals surface area contributed by atoms with Gasteiger partial charge in [0.1, 0.15) is 18.4 Å². The minimum atomic E-state index is -1.17. The summed E-state index contributed by atoms with van der Waals surface area (Å²) in [6.45, 7) is -0.0387. The van der Waals surface area contributed by atoms with Crippen molar-refractivity contribution in [1.29, 1.82) is 0 Å². The van der Waals surface area contributed by atoms with Crippen LogP contribution >= 0.6 is 0 Å². The lowest BCUT2D eigenvalue weighted by atomic mass is 10.1. The number of rotatable bonds is 7. The molecule has 3 amide bonds. The van der Waals surface area contributed by atoms with Crippen molar-refractivity contribution in [3.8, 4) is 5.75 Å². The van der Waals surface area contributed by atoms with Crippen molar-refractivity contribution >= 4 is 17.9 Å². The van der Waals surface area contributed by atoms with Crippen LogP contribution in [0.15, 0.2) is 54.6 Å². The second-order valence-corrected chi connectivity index (χ2v) is 6.87. The third-order valence-electron chi connectivity index (χ3n) is 4.65. The molecule has 9 heteroatoms. The molecule has 3 rings (SSSR count). The zero-order valence-electron chi connectivity index (χ0n) is 16.2. The molecule has 0 radical (unpaired) electrons. The summed E-state index contributed by atoms with van der Waals surface area (Å²) in [6, 6.07) is 13.8. The van der Waals surface area contributed by atoms with Crippen molar-refractivity contribution in [3.05, 3.63) is 65.7 Å². The van der Waals surface area contributed by atoms with Gasteiger partial charge in [0.15, 0.2) is 0 Å². The van der Waals surface area contributed by atoms with Crippen molar-refractivity contribution in [2.24, 2.45) is 0 Å². The van der Waals surface area contributed by atoms with Gasteiger partial charge >= 0.3 is 6.09 Å². The summed E-state index contributed by atoms with van der Waals surface area (Å²) in [4.78, 5) is 38.0. The molecule has 2 aromatic rings. The summed E-state index contributed by atoms with van der Waals surface area (Å²) < 4.78 is 5.05. The van der Waals surface area contributed by atoms with Crippen LogP contribution in [0.4, 0.5) is 4.79 Å². The Hall–Kier alpha value is -3.59. The Kier molecular flexibility index (Phi) is 6.87. The maximum atomic E-state index is 12.3. The highest BCUT2D eigenvalue weighted by molar-refractivity contribution is 5.97. The second-order valence-electron chi connectivity index (χ2n) is 6.87. The first-order valence-corrected chi connectivity index (χ1v) is 9.43. The number of nitrogens with zero attached hydrogens (tertiary/aromatic N) is 1. The van der Waals surface area contributed by atoms with Gasteiger partial charge in [0.25, 0.3) is 5.91 Å². The van der Waals surface area contributed by atoms with Crippen LogP contribution in [0.1, 0.15) is 15.9 Å². The van der Waals surface area contributed by atoms with E-state index < -0.39 is 24.6 Å². The number of aliphatic hydroxyl groups is 1. The lowest BCUT2D eigenvalue weighted by Crippen LogP contribution is -2.63. The van der Waals surface area contributed by atoms with Gasteiger partial charge in [-0.1, -0.05) is 42.5 Å². The number of phenols is 1. The van der Waals surface area contributed by atoms with Gasteiger partial charge in [-0.3, -0.25) is 9.59 Å². The number of amides is 3. The van der Waals surface area contributed by atoms with Gasteiger partial charge in [0.2, 0.25) is 5.91 Å². The summed E-state index contributed by atoms with van der Waals surface area (Å²) in [5.74, 6) is -1.01. The SMILES string of the molecule is O=C(N[C@@H](CO)C(=O)NC1CN(C(=O)c2ccccc2O)C1)OCc1ccccc1. The van der Waals surface area contributed by atoms with Gasteiger partial charge < -0.3 is 30.5 Å². The molecular weight excluding hydrogens is 390 g/mol. The van der Waals surface area contributed by atoms with Crippen LogP contribution < -0.4 is 10.6 Å². The molecule has 9 nitrogen and oxygen atoms in total. The summed E-state index contributed by atoms with van der Waals surface area (Å²) in [5, 5.41) is 24.2. The van der Waals surface area contributed by atoms with Crippen LogP contribution in [0.3, 0.4) is 0 Å². The van der Waals surface area contributed by atoms with Crippen molar-refractivity contribution in [2.45, 2.75) is 18.7 Å². The van der Waals surface area contributed by atoms with Crippen molar-refractivity contribution in [3.63, 3.8) is 0 Å². The lowest BCUT2D eigenvalue weighted by molar-refractivity contribution is -0.125. The molecule has 0 unspecified atom stereocenters. The van der Waals surface area contributed by atoms with Gasteiger partial charge in [0.05, 0.1) is 18.2 Å². The Morgan fingerprint density at radius 1 is 1.07 bits per heavy atom. The van der Waals surface area contributed by atoms with Crippen LogP contribution in [0.2, 0.25) is 0 Å². The number of benzene rings is 2. The van der Waals surface area contributed by atoms with E-state index in [-0.39, 0.29) is 43.0 Å². The number of hydrogen-bond acceptors (Lipinski definition) is 6. The number of aromatic hydroxyl groups is 1. The zero-order valence-corrected chi connectivity index (χ0v) is 16.2. The molecule has 1 aliphatic heterocycles. The molecule has 1 saturated heterocycles. The third-order valence-corrected chi connectivity index (χ3v) is 4.65. The number of likely N-dealkylation sites (tertiary alicyclic amines) is 1. The number of phenolic OH excluding ortho intramolecular Hbond substituents is 1. The van der Waals surface area contributed by atoms with Crippen molar-refractivity contribution < 1.29 is 29.3 Å². The van der Waals surface area contributed by atoms with Crippen LogP contribution in [0, 0.1) is 0 Å². The van der Waals surface area contributed by atoms with Crippen LogP contribution in [0.5, 0.6) is 5.75 Å². The van der Waals surface area contributed by atoms with Crippen LogP contribution in [-0.4, -0.2) is 64.8 Å². The van der Waals surface area contributed by atoms with Gasteiger partial charge in [-0.05, 0) is 17.7 Å². The van der Waals surface area contributed by atoms with Gasteiger partial charge in [-0.15, -0.1) is 0 Å². The second kappa shape index (κ2) is 9.75. The number of ether oxygens (including phenoxy) is 1. The van der Waals surface area contributed by atoms with Gasteiger partial charge in [-0.2, -0.15) is 0 Å². The van der Waals surface area contributed by atoms with Gasteiger partial charge in [-0.25, -0.2) is 4.79 Å². The summed E-state index contributed by atoms with van der Waals surface area (Å²) in [7, 11) is 0. The predicted octanol–water partition coefficient (Wildman–Crippen LogP) is 0.620. The van der Waals surface area contributed by atoms with E-state index in [1.807, 2.05) is 18.2 Å². The number of carbonyl (C=O) groups is 3. The van der Waals surface area contributed by atoms with Crippen LogP contribution in [0.25, 0.3) is 0 Å². The number of aliphatic hydroxyl groups excluding tert-OH is 1. The molecule has 30 heavy (non-hydrogen) atoms. The maximum Gasteiger partial charge on any atom is 0.408 e. The van der Waals surface area contributed by atoms with Crippen LogP contribution in [-0.2, 0) is 16.1 Å². The highest BCUT2D eigenvalue weighted by Gasteiger charge is 2.34. The number of nitrogens with one attached hydrogen (secondary N) is 2. The Labute approximate surface area is 173 Å². The van der Waals surface area contributed by atoms with E-state index in [1.165, 1.54) is 17.0 Å². The molecule has 0 saturated carbocycles. The first kappa shape index (κ1) is 21.1. The van der Waals surface area contributed by atoms with E-state index in [0.717, 1.165) is 5.56 Å². The molecule has 0 bridgehead atoms. The summed E-state index contributed by atoms with van der Waals surface area (Å²) in [5.41, 5.74) is 0.986. The standard InChI is InChI=1S/C21H23N3O6/c25-12-17(23-21(29)30-13-14-6-2-1-3-7-14)19(27)22-15-10-24(11-15)20(28)16-8-4-5-9-18(16)26/h1-9,15,17,25-26H,10-13H2,(H,22,27)(H,23,29)/t17-/m0/s1. The molecule has 158 valence electrons. The normalized spacial score (nSPS) is 14.4. The monoisotopic (exact) mass is 413 g/mol. The summed E-state index contributed by atoms with van der Waals surface area (Å²) >= 11 is 0. The minimum Gasteiger partial charge on any atom is -0.507 e. The Morgan fingerprint density at radius 2 is 1.73 bits per heavy atom. The first-order valence-electron chi connectivity index (χ1n) is 9.43. The molecular formula is C21H23N3O6. The first-order chi connectivity index (χ1) is 14.5. The largest absolute Gasteiger partial charge is 0.507 e. The molecule has 0 spiro atoms.